The highest BCUT2D eigenvalue weighted by Gasteiger charge is 2.11. The van der Waals surface area contributed by atoms with Gasteiger partial charge in [0.05, 0.1) is 11.9 Å². The van der Waals surface area contributed by atoms with Crippen molar-refractivity contribution in [3.8, 4) is 11.4 Å². The second-order valence-corrected chi connectivity index (χ2v) is 6.53. The van der Waals surface area contributed by atoms with E-state index in [0.29, 0.717) is 0 Å². The topological polar surface area (TPSA) is 38.7 Å². The third-order valence-corrected chi connectivity index (χ3v) is 5.21. The molecule has 3 aromatic heterocycles. The average Bonchev–Trinajstić information content (AvgIpc) is 2.99. The molecule has 3 nitrogen and oxygen atoms in total. The van der Waals surface area contributed by atoms with E-state index < -0.39 is 0 Å². The van der Waals surface area contributed by atoms with Gasteiger partial charge in [-0.2, -0.15) is 5.10 Å². The fourth-order valence-electron chi connectivity index (χ4n) is 2.97. The van der Waals surface area contributed by atoms with E-state index in [1.807, 2.05) is 24.4 Å². The number of benzene rings is 2. The van der Waals surface area contributed by atoms with Crippen LogP contribution in [0.25, 0.3) is 42.3 Å². The zero-order valence-corrected chi connectivity index (χ0v) is 12.9. The molecular formula is C19H11N3S. The Labute approximate surface area is 136 Å². The fourth-order valence-corrected chi connectivity index (χ4v) is 4.08. The standard InChI is InChI=1S/C19H11N3S/c1-2-6-13-12(5-1)10-21-22-19(13)16-9-18-15(11-20-16)14-7-3-4-8-17(14)23-18/h1-11H. The number of aromatic nitrogens is 3. The van der Waals surface area contributed by atoms with Crippen molar-refractivity contribution in [2.24, 2.45) is 0 Å². The highest BCUT2D eigenvalue weighted by Crippen LogP contribution is 2.35. The van der Waals surface area contributed by atoms with E-state index in [2.05, 4.69) is 51.6 Å². The zero-order valence-electron chi connectivity index (χ0n) is 12.1. The first-order chi connectivity index (χ1) is 11.4. The summed E-state index contributed by atoms with van der Waals surface area (Å²) < 4.78 is 2.51. The molecule has 0 atom stereocenters. The van der Waals surface area contributed by atoms with Gasteiger partial charge in [-0.05, 0) is 12.1 Å². The molecule has 0 fully saturated rings. The zero-order chi connectivity index (χ0) is 15.2. The first-order valence-electron chi connectivity index (χ1n) is 7.38. The van der Waals surface area contributed by atoms with Crippen LogP contribution < -0.4 is 0 Å². The van der Waals surface area contributed by atoms with E-state index in [4.69, 9.17) is 0 Å². The Hall–Kier alpha value is -2.85. The molecule has 0 saturated carbocycles. The third-order valence-electron chi connectivity index (χ3n) is 4.08. The first kappa shape index (κ1) is 12.7. The number of hydrogen-bond acceptors (Lipinski definition) is 4. The third kappa shape index (κ3) is 1.92. The van der Waals surface area contributed by atoms with Crippen LogP contribution in [0, 0.1) is 0 Å². The summed E-state index contributed by atoms with van der Waals surface area (Å²) in [4.78, 5) is 4.65. The summed E-state index contributed by atoms with van der Waals surface area (Å²) >= 11 is 1.79. The molecule has 4 heteroatoms. The second kappa shape index (κ2) is 4.83. The van der Waals surface area contributed by atoms with Gasteiger partial charge >= 0.3 is 0 Å². The molecular weight excluding hydrogens is 302 g/mol. The van der Waals surface area contributed by atoms with Gasteiger partial charge in [-0.1, -0.05) is 42.5 Å². The smallest absolute Gasteiger partial charge is 0.119 e. The van der Waals surface area contributed by atoms with Gasteiger partial charge in [0.1, 0.15) is 5.69 Å². The van der Waals surface area contributed by atoms with Crippen molar-refractivity contribution in [3.05, 3.63) is 67.0 Å². The summed E-state index contributed by atoms with van der Waals surface area (Å²) in [5.41, 5.74) is 1.70. The van der Waals surface area contributed by atoms with Crippen molar-refractivity contribution >= 4 is 42.3 Å². The fraction of sp³-hybridized carbons (Fsp3) is 0. The number of thiophene rings is 1. The minimum Gasteiger partial charge on any atom is -0.254 e. The molecule has 0 bridgehead atoms. The van der Waals surface area contributed by atoms with Gasteiger partial charge in [-0.15, -0.1) is 16.4 Å². The summed E-state index contributed by atoms with van der Waals surface area (Å²) in [6, 6.07) is 18.7. The van der Waals surface area contributed by atoms with Crippen LogP contribution in [0.2, 0.25) is 0 Å². The maximum absolute atomic E-state index is 4.65. The second-order valence-electron chi connectivity index (χ2n) is 5.44. The molecule has 23 heavy (non-hydrogen) atoms. The minimum absolute atomic E-state index is 0.836. The Bertz CT molecular complexity index is 1170. The van der Waals surface area contributed by atoms with Gasteiger partial charge in [-0.3, -0.25) is 4.98 Å². The van der Waals surface area contributed by atoms with Gasteiger partial charge in [0, 0.05) is 37.1 Å². The van der Waals surface area contributed by atoms with E-state index >= 15 is 0 Å². The van der Waals surface area contributed by atoms with Crippen molar-refractivity contribution in [2.75, 3.05) is 0 Å². The van der Waals surface area contributed by atoms with E-state index in [-0.39, 0.29) is 0 Å². The lowest BCUT2D eigenvalue weighted by molar-refractivity contribution is 1.05. The molecule has 3 heterocycles. The average molecular weight is 313 g/mol. The maximum atomic E-state index is 4.65. The lowest BCUT2D eigenvalue weighted by Crippen LogP contribution is -1.91. The van der Waals surface area contributed by atoms with Crippen LogP contribution in [0.3, 0.4) is 0 Å². The van der Waals surface area contributed by atoms with Gasteiger partial charge in [0.15, 0.2) is 0 Å². The van der Waals surface area contributed by atoms with Crippen LogP contribution >= 0.6 is 11.3 Å². The van der Waals surface area contributed by atoms with Crippen molar-refractivity contribution < 1.29 is 0 Å². The quantitative estimate of drug-likeness (QED) is 0.434. The van der Waals surface area contributed by atoms with Crippen LogP contribution in [0.5, 0.6) is 0 Å². The molecule has 2 aromatic carbocycles. The van der Waals surface area contributed by atoms with E-state index in [9.17, 15) is 0 Å². The van der Waals surface area contributed by atoms with Gasteiger partial charge in [0.25, 0.3) is 0 Å². The van der Waals surface area contributed by atoms with Crippen LogP contribution in [0.15, 0.2) is 67.0 Å². The predicted molar refractivity (Wildman–Crippen MR) is 95.7 cm³/mol. The maximum Gasteiger partial charge on any atom is 0.119 e. The number of hydrogen-bond donors (Lipinski definition) is 0. The van der Waals surface area contributed by atoms with Gasteiger partial charge < -0.3 is 0 Å². The largest absolute Gasteiger partial charge is 0.254 e. The highest BCUT2D eigenvalue weighted by atomic mass is 32.1. The van der Waals surface area contributed by atoms with Crippen molar-refractivity contribution in [2.45, 2.75) is 0 Å². The molecule has 0 amide bonds. The molecule has 5 aromatic rings. The van der Waals surface area contributed by atoms with Crippen molar-refractivity contribution in [1.29, 1.82) is 0 Å². The molecule has 0 aliphatic rings. The van der Waals surface area contributed by atoms with Crippen LogP contribution in [0.4, 0.5) is 0 Å². The van der Waals surface area contributed by atoms with E-state index in [1.165, 1.54) is 20.2 Å². The number of pyridine rings is 1. The monoisotopic (exact) mass is 313 g/mol. The summed E-state index contributed by atoms with van der Waals surface area (Å²) in [5.74, 6) is 0. The molecule has 0 aliphatic heterocycles. The van der Waals surface area contributed by atoms with Crippen molar-refractivity contribution in [3.63, 3.8) is 0 Å². The molecule has 0 spiro atoms. The van der Waals surface area contributed by atoms with Gasteiger partial charge in [-0.25, -0.2) is 0 Å². The lowest BCUT2D eigenvalue weighted by atomic mass is 10.1. The number of nitrogens with zero attached hydrogens (tertiary/aromatic N) is 3. The van der Waals surface area contributed by atoms with Crippen LogP contribution in [-0.2, 0) is 0 Å². The Morgan fingerprint density at radius 3 is 2.52 bits per heavy atom. The summed E-state index contributed by atoms with van der Waals surface area (Å²) in [6.45, 7) is 0. The molecule has 0 saturated heterocycles. The Morgan fingerprint density at radius 1 is 0.739 bits per heavy atom. The predicted octanol–water partition coefficient (Wildman–Crippen LogP) is 5.06. The van der Waals surface area contributed by atoms with Gasteiger partial charge in [0.2, 0.25) is 0 Å². The molecule has 5 rings (SSSR count). The molecule has 0 N–H and O–H groups in total. The molecule has 0 unspecified atom stereocenters. The Kier molecular flexibility index (Phi) is 2.66. The normalized spacial score (nSPS) is 11.5. The summed E-state index contributed by atoms with van der Waals surface area (Å²) in [7, 11) is 0. The minimum atomic E-state index is 0.836. The van der Waals surface area contributed by atoms with Crippen LogP contribution in [0.1, 0.15) is 0 Å². The number of rotatable bonds is 1. The lowest BCUT2D eigenvalue weighted by Gasteiger charge is -2.04. The van der Waals surface area contributed by atoms with Crippen molar-refractivity contribution in [1.82, 2.24) is 15.2 Å². The highest BCUT2D eigenvalue weighted by molar-refractivity contribution is 7.25. The summed E-state index contributed by atoms with van der Waals surface area (Å²) in [6.07, 6.45) is 3.74. The number of fused-ring (bicyclic) bond motifs is 4. The van der Waals surface area contributed by atoms with E-state index in [1.54, 1.807) is 17.5 Å². The Morgan fingerprint density at radius 2 is 1.57 bits per heavy atom. The Balaban J connectivity index is 1.81. The molecule has 0 radical (unpaired) electrons. The molecule has 0 aliphatic carbocycles. The summed E-state index contributed by atoms with van der Waals surface area (Å²) in [5, 5.41) is 13.1. The van der Waals surface area contributed by atoms with E-state index in [0.717, 1.165) is 22.2 Å². The molecule has 108 valence electrons. The first-order valence-corrected chi connectivity index (χ1v) is 8.20. The van der Waals surface area contributed by atoms with Crippen LogP contribution in [-0.4, -0.2) is 15.2 Å². The SMILES string of the molecule is c1ccc2c(-c3cc4sc5ccccc5c4cn3)nncc2c1.